The van der Waals surface area contributed by atoms with E-state index in [1.165, 1.54) is 22.9 Å². The van der Waals surface area contributed by atoms with Crippen molar-refractivity contribution < 1.29 is 4.42 Å². The first-order chi connectivity index (χ1) is 11.0. The number of benzene rings is 2. The molecule has 0 aliphatic heterocycles. The van der Waals surface area contributed by atoms with Gasteiger partial charge in [0, 0.05) is 21.4 Å². The summed E-state index contributed by atoms with van der Waals surface area (Å²) >= 11 is 13.7. The molecule has 3 aromatic rings. The number of thioether (sulfide) groups is 1. The summed E-state index contributed by atoms with van der Waals surface area (Å²) in [7, 11) is 0. The number of aryl methyl sites for hydroxylation is 2. The van der Waals surface area contributed by atoms with Gasteiger partial charge in [-0.15, -0.1) is 10.2 Å². The Kier molecular flexibility index (Phi) is 4.95. The summed E-state index contributed by atoms with van der Waals surface area (Å²) in [6.07, 6.45) is 0. The molecule has 23 heavy (non-hydrogen) atoms. The van der Waals surface area contributed by atoms with Crippen molar-refractivity contribution >= 4 is 35.0 Å². The fourth-order valence-electron chi connectivity index (χ4n) is 2.06. The van der Waals surface area contributed by atoms with Crippen LogP contribution in [0.1, 0.15) is 16.7 Å². The minimum absolute atomic E-state index is 0.495. The summed E-state index contributed by atoms with van der Waals surface area (Å²) in [5, 5.41) is 9.96. The molecule has 0 aliphatic rings. The van der Waals surface area contributed by atoms with Gasteiger partial charge in [-0.25, -0.2) is 0 Å². The van der Waals surface area contributed by atoms with Crippen molar-refractivity contribution in [1.29, 1.82) is 0 Å². The summed E-state index contributed by atoms with van der Waals surface area (Å²) in [4.78, 5) is 0. The van der Waals surface area contributed by atoms with Gasteiger partial charge < -0.3 is 4.42 Å². The summed E-state index contributed by atoms with van der Waals surface area (Å²) in [6, 6.07) is 11.5. The van der Waals surface area contributed by atoms with Crippen LogP contribution in [0.15, 0.2) is 46.0 Å². The second-order valence-corrected chi connectivity index (χ2v) is 6.90. The van der Waals surface area contributed by atoms with Gasteiger partial charge >= 0.3 is 0 Å². The third-order valence-corrected chi connectivity index (χ3v) is 5.12. The van der Waals surface area contributed by atoms with E-state index in [-0.39, 0.29) is 0 Å². The Labute approximate surface area is 149 Å². The van der Waals surface area contributed by atoms with Crippen LogP contribution in [0.2, 0.25) is 10.0 Å². The highest BCUT2D eigenvalue weighted by Crippen LogP contribution is 2.32. The third kappa shape index (κ3) is 3.71. The molecule has 1 heterocycles. The predicted octanol–water partition coefficient (Wildman–Crippen LogP) is 5.95. The van der Waals surface area contributed by atoms with Crippen molar-refractivity contribution in [2.24, 2.45) is 0 Å². The third-order valence-electron chi connectivity index (χ3n) is 3.56. The lowest BCUT2D eigenvalue weighted by molar-refractivity contribution is 0.466. The molecule has 1 aromatic heterocycles. The molecule has 0 radical (unpaired) electrons. The second-order valence-electron chi connectivity index (χ2n) is 5.16. The van der Waals surface area contributed by atoms with Crippen LogP contribution in [0.4, 0.5) is 0 Å². The number of halogens is 2. The van der Waals surface area contributed by atoms with Crippen LogP contribution >= 0.6 is 35.0 Å². The zero-order valence-corrected chi connectivity index (χ0v) is 15.0. The molecule has 0 unspecified atom stereocenters. The lowest BCUT2D eigenvalue weighted by atomic mass is 10.1. The van der Waals surface area contributed by atoms with Crippen molar-refractivity contribution in [2.75, 3.05) is 0 Å². The summed E-state index contributed by atoms with van der Waals surface area (Å²) in [5.41, 5.74) is 4.21. The first-order valence-corrected chi connectivity index (χ1v) is 8.75. The lowest BCUT2D eigenvalue weighted by Gasteiger charge is -2.04. The van der Waals surface area contributed by atoms with Gasteiger partial charge in [0.2, 0.25) is 5.89 Å². The highest BCUT2D eigenvalue weighted by Gasteiger charge is 2.12. The second kappa shape index (κ2) is 6.95. The van der Waals surface area contributed by atoms with Crippen molar-refractivity contribution in [2.45, 2.75) is 24.8 Å². The largest absolute Gasteiger partial charge is 0.411 e. The summed E-state index contributed by atoms with van der Waals surface area (Å²) in [6.45, 7) is 4.13. The minimum atomic E-state index is 0.495. The van der Waals surface area contributed by atoms with Crippen LogP contribution in [-0.2, 0) is 5.75 Å². The maximum Gasteiger partial charge on any atom is 0.277 e. The molecular formula is C17H14Cl2N2OS. The van der Waals surface area contributed by atoms with E-state index in [4.69, 9.17) is 27.6 Å². The molecule has 0 saturated heterocycles. The van der Waals surface area contributed by atoms with E-state index in [0.29, 0.717) is 26.9 Å². The molecule has 0 amide bonds. The van der Waals surface area contributed by atoms with E-state index in [9.17, 15) is 0 Å². The Morgan fingerprint density at radius 2 is 1.74 bits per heavy atom. The van der Waals surface area contributed by atoms with Crippen LogP contribution in [0.25, 0.3) is 11.5 Å². The molecule has 2 aromatic carbocycles. The zero-order valence-electron chi connectivity index (χ0n) is 12.6. The molecule has 0 saturated carbocycles. The molecule has 3 nitrogen and oxygen atoms in total. The van der Waals surface area contributed by atoms with E-state index in [1.807, 2.05) is 36.4 Å². The Morgan fingerprint density at radius 1 is 1.00 bits per heavy atom. The van der Waals surface area contributed by atoms with Crippen LogP contribution in [0, 0.1) is 13.8 Å². The van der Waals surface area contributed by atoms with Crippen molar-refractivity contribution in [3.63, 3.8) is 0 Å². The van der Waals surface area contributed by atoms with Gasteiger partial charge in [0.1, 0.15) is 0 Å². The van der Waals surface area contributed by atoms with Crippen LogP contribution in [0.3, 0.4) is 0 Å². The van der Waals surface area contributed by atoms with Crippen molar-refractivity contribution in [1.82, 2.24) is 10.2 Å². The van der Waals surface area contributed by atoms with Crippen molar-refractivity contribution in [3.8, 4) is 11.5 Å². The van der Waals surface area contributed by atoms with Gasteiger partial charge in [-0.3, -0.25) is 0 Å². The molecule has 118 valence electrons. The molecule has 0 atom stereocenters. The average molecular weight is 365 g/mol. The van der Waals surface area contributed by atoms with Gasteiger partial charge in [-0.05, 0) is 54.8 Å². The highest BCUT2D eigenvalue weighted by molar-refractivity contribution is 7.98. The van der Waals surface area contributed by atoms with E-state index in [0.717, 1.165) is 11.1 Å². The first kappa shape index (κ1) is 16.4. The maximum atomic E-state index is 6.16. The molecule has 3 rings (SSSR count). The first-order valence-electron chi connectivity index (χ1n) is 7.01. The van der Waals surface area contributed by atoms with Gasteiger partial charge in [0.25, 0.3) is 5.22 Å². The Bertz CT molecular complexity index is 828. The highest BCUT2D eigenvalue weighted by atomic mass is 35.5. The molecule has 0 fully saturated rings. The number of aromatic nitrogens is 2. The maximum absolute atomic E-state index is 6.16. The molecular weight excluding hydrogens is 351 g/mol. The number of rotatable bonds is 4. The lowest BCUT2D eigenvalue weighted by Crippen LogP contribution is -1.84. The van der Waals surface area contributed by atoms with E-state index in [1.54, 1.807) is 0 Å². The minimum Gasteiger partial charge on any atom is -0.411 e. The molecule has 0 spiro atoms. The molecule has 0 aliphatic carbocycles. The monoisotopic (exact) mass is 364 g/mol. The van der Waals surface area contributed by atoms with E-state index < -0.39 is 0 Å². The fraction of sp³-hybridized carbons (Fsp3) is 0.176. The van der Waals surface area contributed by atoms with Gasteiger partial charge in [-0.2, -0.15) is 0 Å². The fourth-order valence-corrected chi connectivity index (χ4v) is 3.57. The Balaban J connectivity index is 1.76. The normalized spacial score (nSPS) is 11.0. The molecule has 6 heteroatoms. The predicted molar refractivity (Wildman–Crippen MR) is 95.2 cm³/mol. The van der Waals surface area contributed by atoms with Gasteiger partial charge in [0.15, 0.2) is 0 Å². The summed E-state index contributed by atoms with van der Waals surface area (Å²) < 4.78 is 5.72. The number of nitrogens with zero attached hydrogens (tertiary/aromatic N) is 2. The average Bonchev–Trinajstić information content (AvgIpc) is 2.98. The standard InChI is InChI=1S/C17H14Cl2N2OS/c1-10-6-7-12(8-11(10)2)16-20-21-17(22-16)23-9-13-14(18)4-3-5-15(13)19/h3-8H,9H2,1-2H3. The Hall–Kier alpha value is -1.49. The smallest absolute Gasteiger partial charge is 0.277 e. The van der Waals surface area contributed by atoms with Crippen LogP contribution < -0.4 is 0 Å². The van der Waals surface area contributed by atoms with Gasteiger partial charge in [0.05, 0.1) is 0 Å². The van der Waals surface area contributed by atoms with Gasteiger partial charge in [-0.1, -0.05) is 47.1 Å². The summed E-state index contributed by atoms with van der Waals surface area (Å²) in [5.74, 6) is 1.09. The quantitative estimate of drug-likeness (QED) is 0.536. The molecule has 0 N–H and O–H groups in total. The molecule has 0 bridgehead atoms. The SMILES string of the molecule is Cc1ccc(-c2nnc(SCc3c(Cl)cccc3Cl)o2)cc1C. The Morgan fingerprint density at radius 3 is 2.43 bits per heavy atom. The van der Waals surface area contributed by atoms with Crippen LogP contribution in [0.5, 0.6) is 0 Å². The van der Waals surface area contributed by atoms with E-state index in [2.05, 4.69) is 24.0 Å². The number of hydrogen-bond donors (Lipinski definition) is 0. The van der Waals surface area contributed by atoms with E-state index >= 15 is 0 Å². The van der Waals surface area contributed by atoms with Crippen molar-refractivity contribution in [3.05, 3.63) is 63.1 Å². The zero-order chi connectivity index (χ0) is 16.4. The number of hydrogen-bond acceptors (Lipinski definition) is 4. The van der Waals surface area contributed by atoms with Crippen LogP contribution in [-0.4, -0.2) is 10.2 Å². The topological polar surface area (TPSA) is 38.9 Å².